The molecule has 1 heterocycles. The molecule has 0 saturated carbocycles. The zero-order valence-corrected chi connectivity index (χ0v) is 13.2. The van der Waals surface area contributed by atoms with E-state index >= 15 is 0 Å². The smallest absolute Gasteiger partial charge is 0.310 e. The highest BCUT2D eigenvalue weighted by Crippen LogP contribution is 2.30. The lowest BCUT2D eigenvalue weighted by Gasteiger charge is -2.04. The second-order valence-electron chi connectivity index (χ2n) is 4.82. The summed E-state index contributed by atoms with van der Waals surface area (Å²) in [5.41, 5.74) is 1.34. The van der Waals surface area contributed by atoms with Gasteiger partial charge in [-0.15, -0.1) is 0 Å². The minimum absolute atomic E-state index is 0.126. The van der Waals surface area contributed by atoms with Gasteiger partial charge < -0.3 is 9.84 Å². The van der Waals surface area contributed by atoms with Gasteiger partial charge in [0.25, 0.3) is 0 Å². The SMILES string of the molecule is COC(=O)Cc1c(-c2ccc(S(C)(=O)=O)cc2)nn(C)c1O. The van der Waals surface area contributed by atoms with Gasteiger partial charge in [-0.3, -0.25) is 4.79 Å². The molecule has 22 heavy (non-hydrogen) atoms. The van der Waals surface area contributed by atoms with Gasteiger partial charge in [0, 0.05) is 18.9 Å². The third-order valence-electron chi connectivity index (χ3n) is 3.22. The van der Waals surface area contributed by atoms with E-state index in [0.717, 1.165) is 6.26 Å². The molecule has 0 saturated heterocycles. The van der Waals surface area contributed by atoms with Gasteiger partial charge in [-0.2, -0.15) is 5.10 Å². The molecular weight excluding hydrogens is 308 g/mol. The highest BCUT2D eigenvalue weighted by atomic mass is 32.2. The van der Waals surface area contributed by atoms with E-state index in [1.165, 1.54) is 23.9 Å². The number of aromatic hydroxyl groups is 1. The molecule has 7 nitrogen and oxygen atoms in total. The quantitative estimate of drug-likeness (QED) is 0.840. The number of hydrogen-bond acceptors (Lipinski definition) is 6. The standard InChI is InChI=1S/C14H16N2O5S/c1-16-14(18)11(8-12(17)21-2)13(15-16)9-4-6-10(7-5-9)22(3,19)20/h4-7,18H,8H2,1-3H3. The molecule has 0 spiro atoms. The van der Waals surface area contributed by atoms with Crippen LogP contribution in [0, 0.1) is 0 Å². The zero-order chi connectivity index (χ0) is 16.5. The van der Waals surface area contributed by atoms with Crippen LogP contribution in [0.4, 0.5) is 0 Å². The third-order valence-corrected chi connectivity index (χ3v) is 4.35. The first-order chi connectivity index (χ1) is 10.2. The maximum Gasteiger partial charge on any atom is 0.310 e. The van der Waals surface area contributed by atoms with Crippen molar-refractivity contribution in [3.8, 4) is 17.1 Å². The number of carbonyl (C=O) groups is 1. The summed E-state index contributed by atoms with van der Waals surface area (Å²) in [6.45, 7) is 0. The van der Waals surface area contributed by atoms with E-state index in [9.17, 15) is 18.3 Å². The van der Waals surface area contributed by atoms with Crippen LogP contribution in [0.5, 0.6) is 5.88 Å². The van der Waals surface area contributed by atoms with Crippen molar-refractivity contribution in [1.29, 1.82) is 0 Å². The molecule has 0 bridgehead atoms. The highest BCUT2D eigenvalue weighted by Gasteiger charge is 2.20. The first-order valence-electron chi connectivity index (χ1n) is 6.36. The van der Waals surface area contributed by atoms with Crippen molar-refractivity contribution < 1.29 is 23.1 Å². The number of aryl methyl sites for hydroxylation is 1. The Morgan fingerprint density at radius 1 is 1.32 bits per heavy atom. The Balaban J connectivity index is 2.48. The van der Waals surface area contributed by atoms with Gasteiger partial charge in [-0.05, 0) is 12.1 Å². The maximum absolute atomic E-state index is 11.5. The minimum Gasteiger partial charge on any atom is -0.493 e. The number of hydrogen-bond donors (Lipinski definition) is 1. The summed E-state index contributed by atoms with van der Waals surface area (Å²) in [7, 11) is -0.481. The normalized spacial score (nSPS) is 11.4. The van der Waals surface area contributed by atoms with E-state index in [-0.39, 0.29) is 17.2 Å². The number of aromatic nitrogens is 2. The number of methoxy groups -OCH3 is 1. The molecule has 0 fully saturated rings. The van der Waals surface area contributed by atoms with Gasteiger partial charge in [0.15, 0.2) is 9.84 Å². The van der Waals surface area contributed by atoms with Crippen molar-refractivity contribution in [1.82, 2.24) is 9.78 Å². The summed E-state index contributed by atoms with van der Waals surface area (Å²) in [5, 5.41) is 14.2. The number of ether oxygens (including phenoxy) is 1. The summed E-state index contributed by atoms with van der Waals surface area (Å²) in [5.74, 6) is -0.634. The van der Waals surface area contributed by atoms with Crippen molar-refractivity contribution >= 4 is 15.8 Å². The molecule has 118 valence electrons. The molecule has 0 radical (unpaired) electrons. The molecule has 0 unspecified atom stereocenters. The van der Waals surface area contributed by atoms with E-state index in [4.69, 9.17) is 0 Å². The summed E-state index contributed by atoms with van der Waals surface area (Å²) >= 11 is 0. The lowest BCUT2D eigenvalue weighted by Crippen LogP contribution is -2.05. The molecule has 2 rings (SSSR count). The lowest BCUT2D eigenvalue weighted by atomic mass is 10.1. The Labute approximate surface area is 128 Å². The van der Waals surface area contributed by atoms with Crippen LogP contribution >= 0.6 is 0 Å². The Morgan fingerprint density at radius 3 is 2.41 bits per heavy atom. The van der Waals surface area contributed by atoms with Crippen molar-refractivity contribution in [2.24, 2.45) is 7.05 Å². The molecule has 2 aromatic rings. The van der Waals surface area contributed by atoms with Crippen LogP contribution in [0.25, 0.3) is 11.3 Å². The summed E-state index contributed by atoms with van der Waals surface area (Å²) in [6.07, 6.45) is 0.997. The number of carbonyl (C=O) groups excluding carboxylic acids is 1. The van der Waals surface area contributed by atoms with Crippen LogP contribution in [0.3, 0.4) is 0 Å². The van der Waals surface area contributed by atoms with Crippen molar-refractivity contribution in [2.45, 2.75) is 11.3 Å². The lowest BCUT2D eigenvalue weighted by molar-refractivity contribution is -0.139. The van der Waals surface area contributed by atoms with Crippen LogP contribution in [0.15, 0.2) is 29.2 Å². The minimum atomic E-state index is -3.29. The number of rotatable bonds is 4. The van der Waals surface area contributed by atoms with Crippen molar-refractivity contribution in [3.63, 3.8) is 0 Å². The highest BCUT2D eigenvalue weighted by molar-refractivity contribution is 7.90. The fraction of sp³-hybridized carbons (Fsp3) is 0.286. The molecule has 0 aliphatic heterocycles. The van der Waals surface area contributed by atoms with Crippen LogP contribution in [-0.2, 0) is 32.8 Å². The van der Waals surface area contributed by atoms with Gasteiger partial charge in [0.2, 0.25) is 5.88 Å². The molecule has 8 heteroatoms. The second-order valence-corrected chi connectivity index (χ2v) is 6.84. The average molecular weight is 324 g/mol. The Kier molecular flexibility index (Phi) is 4.23. The number of nitrogens with zero attached hydrogens (tertiary/aromatic N) is 2. The van der Waals surface area contributed by atoms with Crippen molar-refractivity contribution in [3.05, 3.63) is 29.8 Å². The number of sulfone groups is 1. The first-order valence-corrected chi connectivity index (χ1v) is 8.25. The van der Waals surface area contributed by atoms with E-state index in [1.807, 2.05) is 0 Å². The van der Waals surface area contributed by atoms with Gasteiger partial charge >= 0.3 is 5.97 Å². The monoisotopic (exact) mass is 324 g/mol. The summed E-state index contributed by atoms with van der Waals surface area (Å²) in [4.78, 5) is 11.6. The molecular formula is C14H16N2O5S. The second kappa shape index (κ2) is 5.80. The topological polar surface area (TPSA) is 98.5 Å². The molecule has 0 atom stereocenters. The van der Waals surface area contributed by atoms with Crippen molar-refractivity contribution in [2.75, 3.05) is 13.4 Å². The maximum atomic E-state index is 11.5. The number of esters is 1. The van der Waals surface area contributed by atoms with Gasteiger partial charge in [-0.25, -0.2) is 13.1 Å². The van der Waals surface area contributed by atoms with Crippen LogP contribution in [0.1, 0.15) is 5.56 Å². The Bertz CT molecular complexity index is 807. The van der Waals surface area contributed by atoms with E-state index in [0.29, 0.717) is 16.8 Å². The molecule has 1 N–H and O–H groups in total. The van der Waals surface area contributed by atoms with Gasteiger partial charge in [-0.1, -0.05) is 12.1 Å². The predicted molar refractivity (Wildman–Crippen MR) is 79.1 cm³/mol. The van der Waals surface area contributed by atoms with Crippen LogP contribution in [0.2, 0.25) is 0 Å². The fourth-order valence-corrected chi connectivity index (χ4v) is 2.66. The van der Waals surface area contributed by atoms with Crippen LogP contribution in [-0.4, -0.2) is 42.6 Å². The average Bonchev–Trinajstić information content (AvgIpc) is 2.74. The molecule has 0 aliphatic rings. The van der Waals surface area contributed by atoms with E-state index in [2.05, 4.69) is 9.84 Å². The van der Waals surface area contributed by atoms with E-state index in [1.54, 1.807) is 19.2 Å². The molecule has 1 aromatic heterocycles. The zero-order valence-electron chi connectivity index (χ0n) is 12.4. The molecule has 1 aromatic carbocycles. The number of benzene rings is 1. The fourth-order valence-electron chi connectivity index (χ4n) is 2.03. The Morgan fingerprint density at radius 2 is 1.91 bits per heavy atom. The van der Waals surface area contributed by atoms with Gasteiger partial charge in [0.1, 0.15) is 5.69 Å². The van der Waals surface area contributed by atoms with Crippen LogP contribution < -0.4 is 0 Å². The third kappa shape index (κ3) is 3.11. The Hall–Kier alpha value is -2.35. The molecule has 0 amide bonds. The summed E-state index contributed by atoms with van der Waals surface area (Å²) in [6, 6.07) is 6.08. The largest absolute Gasteiger partial charge is 0.493 e. The molecule has 0 aliphatic carbocycles. The van der Waals surface area contributed by atoms with Gasteiger partial charge in [0.05, 0.1) is 24.0 Å². The van der Waals surface area contributed by atoms with E-state index < -0.39 is 15.8 Å². The summed E-state index contributed by atoms with van der Waals surface area (Å²) < 4.78 is 28.8. The first kappa shape index (κ1) is 16.0. The predicted octanol–water partition coefficient (Wildman–Crippen LogP) is 0.912.